The van der Waals surface area contributed by atoms with E-state index < -0.39 is 0 Å². The minimum atomic E-state index is 0.0428. The Bertz CT molecular complexity index is 171. The molecule has 1 saturated heterocycles. The molecule has 0 bridgehead atoms. The number of rotatable bonds is 2. The summed E-state index contributed by atoms with van der Waals surface area (Å²) in [5, 5.41) is 0. The van der Waals surface area contributed by atoms with Crippen LogP contribution in [0.5, 0.6) is 0 Å². The third kappa shape index (κ3) is 1.93. The number of hydrogen-bond donors (Lipinski definition) is 0. The maximum atomic E-state index is 6.12. The minimum Gasteiger partial charge on any atom is -0.430 e. The van der Waals surface area contributed by atoms with Gasteiger partial charge in [-0.15, -0.1) is 0 Å². The van der Waals surface area contributed by atoms with Gasteiger partial charge < -0.3 is 4.65 Å². The molecule has 1 unspecified atom stereocenters. The highest BCUT2D eigenvalue weighted by Crippen LogP contribution is 2.48. The van der Waals surface area contributed by atoms with E-state index in [1.165, 1.54) is 12.7 Å². The topological polar surface area (TPSA) is 9.23 Å². The van der Waals surface area contributed by atoms with Crippen LogP contribution in [-0.2, 0) is 4.65 Å². The van der Waals surface area contributed by atoms with Crippen LogP contribution >= 0.6 is 0 Å². The van der Waals surface area contributed by atoms with Crippen LogP contribution < -0.4 is 0 Å². The highest BCUT2D eigenvalue weighted by molar-refractivity contribution is 6.54. The van der Waals surface area contributed by atoms with E-state index in [0.29, 0.717) is 18.1 Å². The molecule has 0 aromatic rings. The first-order valence-electron chi connectivity index (χ1n) is 5.48. The average Bonchev–Trinajstić information content (AvgIpc) is 2.20. The van der Waals surface area contributed by atoms with Gasteiger partial charge in [-0.2, -0.15) is 0 Å². The van der Waals surface area contributed by atoms with E-state index in [9.17, 15) is 0 Å². The molecule has 2 heteroatoms. The molecule has 76 valence electrons. The molecule has 0 radical (unpaired) electrons. The van der Waals surface area contributed by atoms with Crippen molar-refractivity contribution in [1.29, 1.82) is 0 Å². The van der Waals surface area contributed by atoms with Crippen LogP contribution in [0.3, 0.4) is 0 Å². The van der Waals surface area contributed by atoms with Crippen LogP contribution in [0.4, 0.5) is 0 Å². The Kier molecular flexibility index (Phi) is 2.82. The summed E-state index contributed by atoms with van der Waals surface area (Å²) in [5.74, 6) is 0.695. The lowest BCUT2D eigenvalue weighted by Gasteiger charge is -2.34. The molecule has 0 aromatic heterocycles. The lowest BCUT2D eigenvalue weighted by atomic mass is 9.50. The largest absolute Gasteiger partial charge is 0.430 e. The molecular weight excluding hydrogens is 159 g/mol. The quantitative estimate of drug-likeness (QED) is 0.592. The van der Waals surface area contributed by atoms with Gasteiger partial charge in [-0.1, -0.05) is 34.1 Å². The van der Waals surface area contributed by atoms with Crippen LogP contribution in [0, 0.1) is 5.41 Å². The third-order valence-electron chi connectivity index (χ3n) is 4.07. The lowest BCUT2D eigenvalue weighted by molar-refractivity contribution is 0.0352. The summed E-state index contributed by atoms with van der Waals surface area (Å²) in [6.45, 7) is 14.1. The Hall–Kier alpha value is 0.0249. The van der Waals surface area contributed by atoms with Crippen molar-refractivity contribution < 1.29 is 4.65 Å². The zero-order valence-electron chi connectivity index (χ0n) is 9.98. The third-order valence-corrected chi connectivity index (χ3v) is 4.07. The standard InChI is InChI=1S/C11H23BO/c1-7-9(2)12-8-10(3,4)11(5,6)13-12/h9H,7-8H2,1-6H3. The van der Waals surface area contributed by atoms with E-state index in [2.05, 4.69) is 41.5 Å². The maximum Gasteiger partial charge on any atom is 0.297 e. The van der Waals surface area contributed by atoms with Crippen molar-refractivity contribution in [2.24, 2.45) is 5.41 Å². The fraction of sp³-hybridized carbons (Fsp3) is 1.00. The average molecular weight is 182 g/mol. The van der Waals surface area contributed by atoms with Gasteiger partial charge in [0.05, 0.1) is 5.60 Å². The van der Waals surface area contributed by atoms with Crippen LogP contribution in [0.15, 0.2) is 0 Å². The summed E-state index contributed by atoms with van der Waals surface area (Å²) in [5.41, 5.74) is 0.363. The molecule has 1 nitrogen and oxygen atoms in total. The van der Waals surface area contributed by atoms with Gasteiger partial charge in [0, 0.05) is 0 Å². The van der Waals surface area contributed by atoms with Crippen molar-refractivity contribution >= 4 is 6.92 Å². The molecule has 1 fully saturated rings. The molecule has 1 heterocycles. The highest BCUT2D eigenvalue weighted by Gasteiger charge is 2.50. The zero-order valence-corrected chi connectivity index (χ0v) is 9.98. The summed E-state index contributed by atoms with van der Waals surface area (Å²) in [7, 11) is 0. The molecule has 0 aliphatic carbocycles. The van der Waals surface area contributed by atoms with Crippen molar-refractivity contribution in [1.82, 2.24) is 0 Å². The van der Waals surface area contributed by atoms with Gasteiger partial charge in [0.1, 0.15) is 0 Å². The summed E-state index contributed by atoms with van der Waals surface area (Å²) >= 11 is 0. The number of hydrogen-bond acceptors (Lipinski definition) is 1. The summed E-state index contributed by atoms with van der Waals surface area (Å²) < 4.78 is 6.12. The van der Waals surface area contributed by atoms with Gasteiger partial charge in [0.15, 0.2) is 0 Å². The second-order valence-corrected chi connectivity index (χ2v) is 5.64. The maximum absolute atomic E-state index is 6.12. The van der Waals surface area contributed by atoms with Gasteiger partial charge in [-0.25, -0.2) is 0 Å². The van der Waals surface area contributed by atoms with Crippen LogP contribution in [0.1, 0.15) is 48.0 Å². The fourth-order valence-electron chi connectivity index (χ4n) is 1.91. The van der Waals surface area contributed by atoms with Crippen LogP contribution in [0.2, 0.25) is 12.1 Å². The molecule has 1 rings (SSSR count). The normalized spacial score (nSPS) is 27.7. The van der Waals surface area contributed by atoms with Crippen molar-refractivity contribution in [2.75, 3.05) is 0 Å². The van der Waals surface area contributed by atoms with Gasteiger partial charge in [-0.05, 0) is 31.4 Å². The Morgan fingerprint density at radius 1 is 1.31 bits per heavy atom. The Morgan fingerprint density at radius 2 is 1.85 bits per heavy atom. The van der Waals surface area contributed by atoms with E-state index in [1.807, 2.05) is 0 Å². The monoisotopic (exact) mass is 182 g/mol. The molecular formula is C11H23BO. The van der Waals surface area contributed by atoms with Crippen molar-refractivity contribution in [3.8, 4) is 0 Å². The van der Waals surface area contributed by atoms with E-state index in [-0.39, 0.29) is 5.60 Å². The second kappa shape index (κ2) is 3.31. The minimum absolute atomic E-state index is 0.0428. The first-order valence-corrected chi connectivity index (χ1v) is 5.48. The predicted molar refractivity (Wildman–Crippen MR) is 59.2 cm³/mol. The summed E-state index contributed by atoms with van der Waals surface area (Å²) in [4.78, 5) is 0. The van der Waals surface area contributed by atoms with Gasteiger partial charge in [0.25, 0.3) is 6.92 Å². The lowest BCUT2D eigenvalue weighted by Crippen LogP contribution is -2.34. The molecule has 0 aromatic carbocycles. The molecule has 0 spiro atoms. The van der Waals surface area contributed by atoms with Crippen molar-refractivity contribution in [3.05, 3.63) is 0 Å². The molecule has 1 aliphatic heterocycles. The van der Waals surface area contributed by atoms with Gasteiger partial charge in [0.2, 0.25) is 0 Å². The Labute approximate surface area is 83.4 Å². The smallest absolute Gasteiger partial charge is 0.297 e. The molecule has 13 heavy (non-hydrogen) atoms. The SMILES string of the molecule is CCC(C)B1CC(C)(C)C(C)(C)O1. The summed E-state index contributed by atoms with van der Waals surface area (Å²) in [6, 6.07) is 0. The highest BCUT2D eigenvalue weighted by atomic mass is 16.5. The van der Waals surface area contributed by atoms with Crippen LogP contribution in [0.25, 0.3) is 0 Å². The van der Waals surface area contributed by atoms with E-state index in [1.54, 1.807) is 0 Å². The second-order valence-electron chi connectivity index (χ2n) is 5.64. The summed E-state index contributed by atoms with van der Waals surface area (Å²) in [6.07, 6.45) is 2.42. The van der Waals surface area contributed by atoms with Crippen molar-refractivity contribution in [2.45, 2.75) is 65.7 Å². The van der Waals surface area contributed by atoms with Crippen LogP contribution in [-0.4, -0.2) is 12.5 Å². The molecule has 1 aliphatic rings. The molecule has 0 amide bonds. The predicted octanol–water partition coefficient (Wildman–Crippen LogP) is 3.61. The Morgan fingerprint density at radius 3 is 2.15 bits per heavy atom. The van der Waals surface area contributed by atoms with E-state index in [0.717, 1.165) is 0 Å². The molecule has 0 saturated carbocycles. The van der Waals surface area contributed by atoms with E-state index >= 15 is 0 Å². The Balaban J connectivity index is 2.70. The first-order chi connectivity index (χ1) is 5.80. The molecule has 0 N–H and O–H groups in total. The van der Waals surface area contributed by atoms with Gasteiger partial charge >= 0.3 is 0 Å². The zero-order chi connectivity index (χ0) is 10.3. The fourth-order valence-corrected chi connectivity index (χ4v) is 1.91. The van der Waals surface area contributed by atoms with Gasteiger partial charge in [-0.3, -0.25) is 0 Å². The first kappa shape index (κ1) is 11.1. The van der Waals surface area contributed by atoms with E-state index in [4.69, 9.17) is 4.65 Å². The van der Waals surface area contributed by atoms with Crippen molar-refractivity contribution in [3.63, 3.8) is 0 Å². The molecule has 1 atom stereocenters.